The van der Waals surface area contributed by atoms with Crippen LogP contribution in [-0.4, -0.2) is 11.2 Å². The Kier molecular flexibility index (Phi) is 5.21. The molecule has 1 atom stereocenters. The largest absolute Gasteiger partial charge is 0.491 e. The first-order valence-electron chi connectivity index (χ1n) is 6.84. The number of rotatable bonds is 5. The number of aliphatic hydroxyl groups excluding tert-OH is 1. The molecule has 2 nitrogen and oxygen atoms in total. The molecule has 0 aliphatic rings. The summed E-state index contributed by atoms with van der Waals surface area (Å²) in [4.78, 5) is 0. The maximum Gasteiger partial charge on any atom is 0.126 e. The van der Waals surface area contributed by atoms with Gasteiger partial charge < -0.3 is 9.84 Å². The van der Waals surface area contributed by atoms with E-state index >= 15 is 0 Å². The van der Waals surface area contributed by atoms with E-state index in [4.69, 9.17) is 16.3 Å². The summed E-state index contributed by atoms with van der Waals surface area (Å²) in [6.45, 7) is 3.90. The highest BCUT2D eigenvalue weighted by atomic mass is 35.5. The van der Waals surface area contributed by atoms with E-state index in [9.17, 15) is 9.50 Å². The quantitative estimate of drug-likeness (QED) is 0.878. The number of ether oxygens (including phenoxy) is 1. The van der Waals surface area contributed by atoms with Gasteiger partial charge in [-0.15, -0.1) is 0 Å². The maximum absolute atomic E-state index is 13.7. The lowest BCUT2D eigenvalue weighted by atomic mass is 10.0. The van der Waals surface area contributed by atoms with Crippen molar-refractivity contribution in [3.8, 4) is 5.75 Å². The van der Waals surface area contributed by atoms with Crippen molar-refractivity contribution in [3.05, 3.63) is 64.4 Å². The van der Waals surface area contributed by atoms with Gasteiger partial charge in [-0.25, -0.2) is 4.39 Å². The van der Waals surface area contributed by atoms with E-state index in [1.54, 1.807) is 24.3 Å². The third-order valence-electron chi connectivity index (χ3n) is 3.06. The van der Waals surface area contributed by atoms with E-state index in [2.05, 4.69) is 0 Å². The van der Waals surface area contributed by atoms with Gasteiger partial charge in [0.15, 0.2) is 0 Å². The molecule has 0 fully saturated rings. The zero-order valence-electron chi connectivity index (χ0n) is 12.0. The van der Waals surface area contributed by atoms with Crippen LogP contribution < -0.4 is 4.74 Å². The minimum absolute atomic E-state index is 0.0985. The van der Waals surface area contributed by atoms with Gasteiger partial charge in [-0.2, -0.15) is 0 Å². The minimum Gasteiger partial charge on any atom is -0.491 e. The molecule has 4 heteroatoms. The van der Waals surface area contributed by atoms with Crippen molar-refractivity contribution in [3.63, 3.8) is 0 Å². The van der Waals surface area contributed by atoms with Gasteiger partial charge in [0.2, 0.25) is 0 Å². The Morgan fingerprint density at radius 3 is 2.43 bits per heavy atom. The fraction of sp³-hybridized carbons (Fsp3) is 0.294. The SMILES string of the molecule is CC(C)Oc1ccc(C(O)Cc2cc(Cl)ccc2F)cc1. The van der Waals surface area contributed by atoms with Gasteiger partial charge in [0.1, 0.15) is 11.6 Å². The summed E-state index contributed by atoms with van der Waals surface area (Å²) in [7, 11) is 0. The van der Waals surface area contributed by atoms with Crippen LogP contribution in [0, 0.1) is 5.82 Å². The van der Waals surface area contributed by atoms with Gasteiger partial charge in [-0.1, -0.05) is 23.7 Å². The van der Waals surface area contributed by atoms with Crippen LogP contribution in [0.5, 0.6) is 5.75 Å². The molecule has 1 N–H and O–H groups in total. The number of halogens is 2. The highest BCUT2D eigenvalue weighted by Gasteiger charge is 2.12. The Labute approximate surface area is 129 Å². The molecule has 0 bridgehead atoms. The first kappa shape index (κ1) is 15.8. The molecule has 2 aromatic rings. The van der Waals surface area contributed by atoms with Crippen LogP contribution in [0.2, 0.25) is 5.02 Å². The molecule has 2 rings (SSSR count). The van der Waals surface area contributed by atoms with E-state index in [1.807, 2.05) is 13.8 Å². The van der Waals surface area contributed by atoms with Gasteiger partial charge in [0.05, 0.1) is 12.2 Å². The molecule has 0 saturated carbocycles. The first-order valence-corrected chi connectivity index (χ1v) is 7.22. The van der Waals surface area contributed by atoms with E-state index in [0.717, 1.165) is 5.75 Å². The second-order valence-electron chi connectivity index (χ2n) is 5.19. The molecule has 2 aromatic carbocycles. The summed E-state index contributed by atoms with van der Waals surface area (Å²) in [5.41, 5.74) is 1.11. The molecule has 0 spiro atoms. The Hall–Kier alpha value is -1.58. The smallest absolute Gasteiger partial charge is 0.126 e. The topological polar surface area (TPSA) is 29.5 Å². The standard InChI is InChI=1S/C17H18ClFO2/c1-11(2)21-15-6-3-12(4-7-15)17(20)10-13-9-14(18)5-8-16(13)19/h3-9,11,17,20H,10H2,1-2H3. The Morgan fingerprint density at radius 1 is 1.14 bits per heavy atom. The van der Waals surface area contributed by atoms with Gasteiger partial charge in [0.25, 0.3) is 0 Å². The number of benzene rings is 2. The molecule has 0 aliphatic carbocycles. The van der Waals surface area contributed by atoms with Crippen LogP contribution in [0.3, 0.4) is 0 Å². The van der Waals surface area contributed by atoms with Gasteiger partial charge in [-0.05, 0) is 55.3 Å². The summed E-state index contributed by atoms with van der Waals surface area (Å²) in [5.74, 6) is 0.382. The summed E-state index contributed by atoms with van der Waals surface area (Å²) in [6.07, 6.45) is -0.510. The second-order valence-corrected chi connectivity index (χ2v) is 5.63. The highest BCUT2D eigenvalue weighted by Crippen LogP contribution is 2.24. The van der Waals surface area contributed by atoms with Crippen molar-refractivity contribution in [1.29, 1.82) is 0 Å². The van der Waals surface area contributed by atoms with Crippen molar-refractivity contribution in [2.75, 3.05) is 0 Å². The van der Waals surface area contributed by atoms with Crippen molar-refractivity contribution in [2.24, 2.45) is 0 Å². The predicted molar refractivity (Wildman–Crippen MR) is 82.3 cm³/mol. The van der Waals surface area contributed by atoms with Crippen LogP contribution in [0.4, 0.5) is 4.39 Å². The van der Waals surface area contributed by atoms with Crippen LogP contribution >= 0.6 is 11.6 Å². The van der Waals surface area contributed by atoms with Crippen molar-refractivity contribution >= 4 is 11.6 Å². The Balaban J connectivity index is 2.09. The maximum atomic E-state index is 13.7. The van der Waals surface area contributed by atoms with Crippen molar-refractivity contribution in [2.45, 2.75) is 32.5 Å². The Morgan fingerprint density at radius 2 is 1.81 bits per heavy atom. The molecular formula is C17H18ClFO2. The van der Waals surface area contributed by atoms with Crippen LogP contribution in [0.15, 0.2) is 42.5 Å². The van der Waals surface area contributed by atoms with Gasteiger partial charge >= 0.3 is 0 Å². The number of aliphatic hydroxyl groups is 1. The molecule has 0 aliphatic heterocycles. The van der Waals surface area contributed by atoms with E-state index in [0.29, 0.717) is 16.1 Å². The second kappa shape index (κ2) is 6.92. The fourth-order valence-electron chi connectivity index (χ4n) is 2.07. The predicted octanol–water partition coefficient (Wildman–Crippen LogP) is 4.54. The average Bonchev–Trinajstić information content (AvgIpc) is 2.43. The summed E-state index contributed by atoms with van der Waals surface area (Å²) >= 11 is 5.85. The molecule has 0 radical (unpaired) electrons. The first-order chi connectivity index (χ1) is 9.95. The molecular weight excluding hydrogens is 291 g/mol. The van der Waals surface area contributed by atoms with Crippen molar-refractivity contribution in [1.82, 2.24) is 0 Å². The van der Waals surface area contributed by atoms with Gasteiger partial charge in [-0.3, -0.25) is 0 Å². The van der Waals surface area contributed by atoms with Gasteiger partial charge in [0, 0.05) is 11.4 Å². The molecule has 0 heterocycles. The molecule has 21 heavy (non-hydrogen) atoms. The molecule has 0 saturated heterocycles. The average molecular weight is 309 g/mol. The molecule has 0 amide bonds. The lowest BCUT2D eigenvalue weighted by Crippen LogP contribution is -2.06. The summed E-state index contributed by atoms with van der Waals surface area (Å²) in [5, 5.41) is 10.7. The normalized spacial score (nSPS) is 12.5. The molecule has 1 unspecified atom stereocenters. The van der Waals surface area contributed by atoms with Crippen LogP contribution in [0.1, 0.15) is 31.1 Å². The molecule has 0 aromatic heterocycles. The van der Waals surface area contributed by atoms with Crippen LogP contribution in [-0.2, 0) is 6.42 Å². The van der Waals surface area contributed by atoms with E-state index in [-0.39, 0.29) is 18.3 Å². The number of hydrogen-bond acceptors (Lipinski definition) is 2. The Bertz CT molecular complexity index is 596. The number of hydrogen-bond donors (Lipinski definition) is 1. The van der Waals surface area contributed by atoms with E-state index < -0.39 is 6.10 Å². The third kappa shape index (κ3) is 4.45. The monoisotopic (exact) mass is 308 g/mol. The zero-order valence-corrected chi connectivity index (χ0v) is 12.8. The summed E-state index contributed by atoms with van der Waals surface area (Å²) < 4.78 is 19.2. The fourth-order valence-corrected chi connectivity index (χ4v) is 2.26. The minimum atomic E-state index is -0.786. The lowest BCUT2D eigenvalue weighted by molar-refractivity contribution is 0.177. The zero-order chi connectivity index (χ0) is 15.4. The van der Waals surface area contributed by atoms with Crippen LogP contribution in [0.25, 0.3) is 0 Å². The lowest BCUT2D eigenvalue weighted by Gasteiger charge is -2.14. The molecule has 112 valence electrons. The van der Waals surface area contributed by atoms with E-state index in [1.165, 1.54) is 18.2 Å². The summed E-state index contributed by atoms with van der Waals surface area (Å²) in [6, 6.07) is 11.5. The van der Waals surface area contributed by atoms with Crippen molar-refractivity contribution < 1.29 is 14.2 Å². The third-order valence-corrected chi connectivity index (χ3v) is 3.29. The highest BCUT2D eigenvalue weighted by molar-refractivity contribution is 6.30.